The Hall–Kier alpha value is -4.98. The minimum Gasteiger partial charge on any atom is -0.492 e. The monoisotopic (exact) mass is 551 g/mol. The van der Waals surface area contributed by atoms with Crippen LogP contribution in [0.2, 0.25) is 0 Å². The summed E-state index contributed by atoms with van der Waals surface area (Å²) in [6.07, 6.45) is 3.53. The Balaban J connectivity index is 1.38. The lowest BCUT2D eigenvalue weighted by atomic mass is 10.00. The first-order valence-corrected chi connectivity index (χ1v) is 13.4. The minimum atomic E-state index is -0.715. The molecule has 0 saturated carbocycles. The number of amides is 1. The van der Waals surface area contributed by atoms with Crippen molar-refractivity contribution in [3.8, 4) is 5.75 Å². The maximum Gasteiger partial charge on any atom is 0.328 e. The Kier molecular flexibility index (Phi) is 10.2. The molecule has 1 unspecified atom stereocenters. The number of carbonyl (C=O) groups excluding carboxylic acids is 3. The van der Waals surface area contributed by atoms with Crippen LogP contribution in [0, 0.1) is 0 Å². The van der Waals surface area contributed by atoms with Crippen LogP contribution in [0.15, 0.2) is 103 Å². The molecule has 0 aliphatic rings. The lowest BCUT2D eigenvalue weighted by molar-refractivity contribution is -0.141. The molecule has 4 rings (SSSR count). The number of hydrogen-bond donors (Lipinski definition) is 1. The average molecular weight is 552 g/mol. The molecule has 0 bridgehead atoms. The fourth-order valence-electron chi connectivity index (χ4n) is 4.38. The summed E-state index contributed by atoms with van der Waals surface area (Å²) in [5.74, 6) is -0.0132. The summed E-state index contributed by atoms with van der Waals surface area (Å²) in [5, 5.41) is 3.22. The number of hydrogen-bond acceptors (Lipinski definition) is 7. The van der Waals surface area contributed by atoms with E-state index in [0.29, 0.717) is 54.2 Å². The summed E-state index contributed by atoms with van der Waals surface area (Å²) in [4.78, 5) is 44.2. The molecule has 3 aromatic carbocycles. The van der Waals surface area contributed by atoms with E-state index in [2.05, 4.69) is 10.3 Å². The van der Waals surface area contributed by atoms with Crippen LogP contribution in [-0.2, 0) is 16.0 Å². The topological polar surface area (TPSA) is 97.8 Å². The Morgan fingerprint density at radius 2 is 1.59 bits per heavy atom. The van der Waals surface area contributed by atoms with Gasteiger partial charge in [-0.15, -0.1) is 0 Å². The van der Waals surface area contributed by atoms with Crippen molar-refractivity contribution in [1.29, 1.82) is 0 Å². The Morgan fingerprint density at radius 3 is 2.27 bits per heavy atom. The molecule has 1 aromatic heterocycles. The fourth-order valence-corrected chi connectivity index (χ4v) is 4.38. The normalized spacial score (nSPS) is 11.3. The number of para-hydroxylation sites is 1. The van der Waals surface area contributed by atoms with E-state index in [1.54, 1.807) is 59.8 Å². The molecule has 0 radical (unpaired) electrons. The van der Waals surface area contributed by atoms with Crippen molar-refractivity contribution >= 4 is 23.3 Å². The van der Waals surface area contributed by atoms with E-state index in [4.69, 9.17) is 9.47 Å². The Labute approximate surface area is 239 Å². The second-order valence-corrected chi connectivity index (χ2v) is 9.28. The predicted octanol–water partition coefficient (Wildman–Crippen LogP) is 5.05. The highest BCUT2D eigenvalue weighted by molar-refractivity contribution is 6.12. The van der Waals surface area contributed by atoms with E-state index in [0.717, 1.165) is 5.56 Å². The second kappa shape index (κ2) is 14.4. The van der Waals surface area contributed by atoms with Gasteiger partial charge in [-0.2, -0.15) is 0 Å². The van der Waals surface area contributed by atoms with Crippen molar-refractivity contribution in [2.75, 3.05) is 32.1 Å². The molecule has 1 atom stereocenters. The van der Waals surface area contributed by atoms with Crippen molar-refractivity contribution in [2.45, 2.75) is 19.4 Å². The molecule has 1 N–H and O–H groups in total. The van der Waals surface area contributed by atoms with Crippen molar-refractivity contribution in [3.63, 3.8) is 0 Å². The third-order valence-corrected chi connectivity index (χ3v) is 6.59. The molecule has 0 spiro atoms. The van der Waals surface area contributed by atoms with E-state index >= 15 is 0 Å². The number of pyridine rings is 1. The fraction of sp³-hybridized carbons (Fsp3) is 0.212. The number of methoxy groups -OCH3 is 1. The van der Waals surface area contributed by atoms with Gasteiger partial charge in [-0.3, -0.25) is 14.6 Å². The number of ether oxygens (including phenoxy) is 2. The predicted molar refractivity (Wildman–Crippen MR) is 157 cm³/mol. The quantitative estimate of drug-likeness (QED) is 0.183. The van der Waals surface area contributed by atoms with Gasteiger partial charge < -0.3 is 19.7 Å². The van der Waals surface area contributed by atoms with Crippen molar-refractivity contribution in [3.05, 3.63) is 126 Å². The largest absolute Gasteiger partial charge is 0.492 e. The molecule has 41 heavy (non-hydrogen) atoms. The highest BCUT2D eigenvalue weighted by Gasteiger charge is 2.23. The zero-order chi connectivity index (χ0) is 29.0. The number of anilines is 1. The maximum absolute atomic E-state index is 13.1. The molecule has 4 aromatic rings. The lowest BCUT2D eigenvalue weighted by Crippen LogP contribution is -2.34. The SMILES string of the molecule is CCN(CCOc1ccc(CC(Nc2ccccc2C(=O)c2ccccc2)C(=O)OC)cc1)C(=O)c1cccnc1. The van der Waals surface area contributed by atoms with Crippen LogP contribution < -0.4 is 10.1 Å². The minimum absolute atomic E-state index is 0.0899. The van der Waals surface area contributed by atoms with E-state index in [9.17, 15) is 14.4 Å². The molecule has 0 aliphatic carbocycles. The first-order valence-electron chi connectivity index (χ1n) is 13.4. The van der Waals surface area contributed by atoms with Gasteiger partial charge in [0, 0.05) is 42.2 Å². The van der Waals surface area contributed by atoms with E-state index in [1.165, 1.54) is 7.11 Å². The summed E-state index contributed by atoms with van der Waals surface area (Å²) in [5.41, 5.74) is 3.02. The number of benzene rings is 3. The summed E-state index contributed by atoms with van der Waals surface area (Å²) in [6, 6.07) is 26.3. The number of ketones is 1. The van der Waals surface area contributed by atoms with Crippen LogP contribution in [0.3, 0.4) is 0 Å². The van der Waals surface area contributed by atoms with Gasteiger partial charge in [-0.1, -0.05) is 54.6 Å². The first kappa shape index (κ1) is 29.0. The first-order chi connectivity index (χ1) is 20.0. The average Bonchev–Trinajstić information content (AvgIpc) is 3.03. The van der Waals surface area contributed by atoms with Crippen molar-refractivity contribution in [2.24, 2.45) is 0 Å². The number of nitrogens with one attached hydrogen (secondary N) is 1. The highest BCUT2D eigenvalue weighted by Crippen LogP contribution is 2.22. The number of aromatic nitrogens is 1. The molecule has 8 nitrogen and oxygen atoms in total. The van der Waals surface area contributed by atoms with Crippen LogP contribution in [0.4, 0.5) is 5.69 Å². The van der Waals surface area contributed by atoms with Crippen molar-refractivity contribution in [1.82, 2.24) is 9.88 Å². The molecule has 0 saturated heterocycles. The molecule has 0 fully saturated rings. The molecule has 8 heteroatoms. The van der Waals surface area contributed by atoms with E-state index in [-0.39, 0.29) is 11.7 Å². The Bertz CT molecular complexity index is 1440. The Morgan fingerprint density at radius 1 is 0.878 bits per heavy atom. The summed E-state index contributed by atoms with van der Waals surface area (Å²) in [6.45, 7) is 3.24. The van der Waals surface area contributed by atoms with Gasteiger partial charge in [0.1, 0.15) is 18.4 Å². The standard InChI is InChI=1S/C33H33N3O5/c1-3-36(32(38)26-12-9-19-34-23-26)20-21-41-27-17-15-24(16-18-27)22-30(33(39)40-2)35-29-14-8-7-13-28(29)31(37)25-10-5-4-6-11-25/h4-19,23,30,35H,3,20-22H2,1-2H3. The van der Waals surface area contributed by atoms with Gasteiger partial charge in [0.25, 0.3) is 5.91 Å². The second-order valence-electron chi connectivity index (χ2n) is 9.28. The van der Waals surface area contributed by atoms with Crippen LogP contribution in [0.1, 0.15) is 38.8 Å². The van der Waals surface area contributed by atoms with Crippen LogP contribution in [0.25, 0.3) is 0 Å². The molecule has 1 amide bonds. The number of esters is 1. The summed E-state index contributed by atoms with van der Waals surface area (Å²) < 4.78 is 10.9. The molecule has 0 aliphatic heterocycles. The number of nitrogens with zero attached hydrogens (tertiary/aromatic N) is 2. The van der Waals surface area contributed by atoms with Gasteiger partial charge in [0.05, 0.1) is 19.2 Å². The number of carbonyl (C=O) groups is 3. The van der Waals surface area contributed by atoms with Crippen LogP contribution in [-0.4, -0.2) is 60.4 Å². The summed E-state index contributed by atoms with van der Waals surface area (Å²) >= 11 is 0. The van der Waals surface area contributed by atoms with Gasteiger partial charge in [-0.05, 0) is 48.9 Å². The third kappa shape index (κ3) is 7.79. The molecule has 210 valence electrons. The van der Waals surface area contributed by atoms with Gasteiger partial charge in [-0.25, -0.2) is 4.79 Å². The maximum atomic E-state index is 13.1. The molecule has 1 heterocycles. The molecular formula is C33H33N3O5. The smallest absolute Gasteiger partial charge is 0.328 e. The number of rotatable bonds is 13. The molecular weight excluding hydrogens is 518 g/mol. The summed E-state index contributed by atoms with van der Waals surface area (Å²) in [7, 11) is 1.34. The third-order valence-electron chi connectivity index (χ3n) is 6.59. The van der Waals surface area contributed by atoms with Gasteiger partial charge in [0.2, 0.25) is 0 Å². The van der Waals surface area contributed by atoms with E-state index in [1.807, 2.05) is 55.5 Å². The van der Waals surface area contributed by atoms with Gasteiger partial charge >= 0.3 is 5.97 Å². The zero-order valence-corrected chi connectivity index (χ0v) is 23.2. The highest BCUT2D eigenvalue weighted by atomic mass is 16.5. The van der Waals surface area contributed by atoms with E-state index < -0.39 is 12.0 Å². The van der Waals surface area contributed by atoms with Crippen LogP contribution >= 0.6 is 0 Å². The van der Waals surface area contributed by atoms with Crippen molar-refractivity contribution < 1.29 is 23.9 Å². The zero-order valence-electron chi connectivity index (χ0n) is 23.2. The number of likely N-dealkylation sites (N-methyl/N-ethyl adjacent to an activating group) is 1. The van der Waals surface area contributed by atoms with Gasteiger partial charge in [0.15, 0.2) is 5.78 Å². The van der Waals surface area contributed by atoms with Crippen LogP contribution in [0.5, 0.6) is 5.75 Å². The lowest BCUT2D eigenvalue weighted by Gasteiger charge is -2.21.